The van der Waals surface area contributed by atoms with Gasteiger partial charge >= 0.3 is 0 Å². The number of benzene rings is 2. The van der Waals surface area contributed by atoms with E-state index in [1.165, 1.54) is 10.9 Å². The Morgan fingerprint density at radius 3 is 2.67 bits per heavy atom. The summed E-state index contributed by atoms with van der Waals surface area (Å²) in [6.45, 7) is 0.749. The highest BCUT2D eigenvalue weighted by Crippen LogP contribution is 2.38. The van der Waals surface area contributed by atoms with Crippen LogP contribution in [0.25, 0.3) is 10.9 Å². The van der Waals surface area contributed by atoms with Crippen LogP contribution in [0.4, 0.5) is 0 Å². The summed E-state index contributed by atoms with van der Waals surface area (Å²) in [5.74, 6) is 0.190. The minimum absolute atomic E-state index is 0.0604. The van der Waals surface area contributed by atoms with Crippen LogP contribution in [-0.4, -0.2) is 22.3 Å². The maximum Gasteiger partial charge on any atom is 0.228 e. The molecule has 0 bridgehead atoms. The minimum Gasteiger partial charge on any atom is -0.356 e. The number of aromatic amines is 1. The molecule has 0 saturated carbocycles. The Balaban J connectivity index is 1.60. The fourth-order valence-electron chi connectivity index (χ4n) is 4.16. The van der Waals surface area contributed by atoms with Gasteiger partial charge in [0.15, 0.2) is 0 Å². The van der Waals surface area contributed by atoms with E-state index in [1.54, 1.807) is 11.3 Å². The third-order valence-corrected chi connectivity index (χ3v) is 6.25. The van der Waals surface area contributed by atoms with Crippen LogP contribution in [0, 0.1) is 0 Å². The van der Waals surface area contributed by atoms with E-state index < -0.39 is 0 Å². The lowest BCUT2D eigenvalue weighted by molar-refractivity contribution is -0.132. The number of nitrogens with one attached hydrogen (secondary N) is 1. The molecule has 4 aromatic rings. The standard InChI is InChI=1S/C23H20N2OS/c26-21(15-17-9-6-14-27-17)25-13-12-19-18-10-4-5-11-20(18)24-22(19)23(25)16-7-2-1-3-8-16/h1-11,14,23-24H,12-13,15H2. The van der Waals surface area contributed by atoms with Crippen molar-refractivity contribution in [3.63, 3.8) is 0 Å². The molecule has 1 aliphatic rings. The van der Waals surface area contributed by atoms with Crippen LogP contribution in [0.2, 0.25) is 0 Å². The van der Waals surface area contributed by atoms with E-state index in [2.05, 4.69) is 41.4 Å². The van der Waals surface area contributed by atoms with Crippen LogP contribution in [0.5, 0.6) is 0 Å². The van der Waals surface area contributed by atoms with E-state index in [1.807, 2.05) is 40.6 Å². The Kier molecular flexibility index (Phi) is 4.06. The van der Waals surface area contributed by atoms with Gasteiger partial charge in [0.25, 0.3) is 0 Å². The van der Waals surface area contributed by atoms with Crippen molar-refractivity contribution < 1.29 is 4.79 Å². The molecule has 0 radical (unpaired) electrons. The largest absolute Gasteiger partial charge is 0.356 e. The van der Waals surface area contributed by atoms with Crippen molar-refractivity contribution >= 4 is 28.1 Å². The summed E-state index contributed by atoms with van der Waals surface area (Å²) in [5.41, 5.74) is 4.81. The molecule has 1 atom stereocenters. The monoisotopic (exact) mass is 372 g/mol. The zero-order valence-corrected chi connectivity index (χ0v) is 15.7. The van der Waals surface area contributed by atoms with Gasteiger partial charge in [0.1, 0.15) is 0 Å². The van der Waals surface area contributed by atoms with Crippen molar-refractivity contribution in [2.24, 2.45) is 0 Å². The second kappa shape index (κ2) is 6.71. The SMILES string of the molecule is O=C(Cc1cccs1)N1CCc2c([nH]c3ccccc23)C1c1ccccc1. The highest BCUT2D eigenvalue weighted by atomic mass is 32.1. The number of hydrogen-bond acceptors (Lipinski definition) is 2. The zero-order chi connectivity index (χ0) is 18.2. The summed E-state index contributed by atoms with van der Waals surface area (Å²) < 4.78 is 0. The summed E-state index contributed by atoms with van der Waals surface area (Å²) in [5, 5.41) is 3.31. The number of fused-ring (bicyclic) bond motifs is 3. The van der Waals surface area contributed by atoms with Crippen LogP contribution in [0.3, 0.4) is 0 Å². The molecule has 1 unspecified atom stereocenters. The maximum absolute atomic E-state index is 13.2. The summed E-state index contributed by atoms with van der Waals surface area (Å²) in [4.78, 5) is 20.0. The number of para-hydroxylation sites is 1. The molecule has 0 saturated heterocycles. The Hall–Kier alpha value is -2.85. The summed E-state index contributed by atoms with van der Waals surface area (Å²) in [6, 6.07) is 22.8. The smallest absolute Gasteiger partial charge is 0.228 e. The Bertz CT molecular complexity index is 1080. The first-order chi connectivity index (χ1) is 13.3. The third-order valence-electron chi connectivity index (χ3n) is 5.38. The van der Waals surface area contributed by atoms with Crippen LogP contribution in [0.1, 0.15) is 27.7 Å². The summed E-state index contributed by atoms with van der Waals surface area (Å²) in [7, 11) is 0. The fraction of sp³-hybridized carbons (Fsp3) is 0.174. The second-order valence-corrected chi connectivity index (χ2v) is 8.00. The average molecular weight is 372 g/mol. The number of hydrogen-bond donors (Lipinski definition) is 1. The Morgan fingerprint density at radius 2 is 1.85 bits per heavy atom. The van der Waals surface area contributed by atoms with Crippen LogP contribution >= 0.6 is 11.3 Å². The van der Waals surface area contributed by atoms with Crippen molar-refractivity contribution in [3.8, 4) is 0 Å². The predicted octanol–water partition coefficient (Wildman–Crippen LogP) is 4.95. The van der Waals surface area contributed by atoms with Gasteiger partial charge in [-0.1, -0.05) is 54.6 Å². The van der Waals surface area contributed by atoms with Crippen molar-refractivity contribution in [2.45, 2.75) is 18.9 Å². The number of carbonyl (C=O) groups is 1. The molecule has 3 heterocycles. The van der Waals surface area contributed by atoms with E-state index in [0.29, 0.717) is 6.42 Å². The fourth-order valence-corrected chi connectivity index (χ4v) is 4.85. The Labute approximate surface area is 162 Å². The number of H-pyrrole nitrogens is 1. The molecule has 0 fully saturated rings. The molecule has 1 amide bonds. The van der Waals surface area contributed by atoms with E-state index in [0.717, 1.165) is 34.6 Å². The lowest BCUT2D eigenvalue weighted by Gasteiger charge is -2.36. The quantitative estimate of drug-likeness (QED) is 0.543. The van der Waals surface area contributed by atoms with Gasteiger partial charge in [0.05, 0.1) is 12.5 Å². The van der Waals surface area contributed by atoms with Crippen molar-refractivity contribution in [3.05, 3.63) is 93.8 Å². The van der Waals surface area contributed by atoms with E-state index in [-0.39, 0.29) is 11.9 Å². The van der Waals surface area contributed by atoms with Crippen LogP contribution in [-0.2, 0) is 17.6 Å². The van der Waals surface area contributed by atoms with Gasteiger partial charge < -0.3 is 9.88 Å². The lowest BCUT2D eigenvalue weighted by Crippen LogP contribution is -2.41. The average Bonchev–Trinajstić information content (AvgIpc) is 3.35. The second-order valence-electron chi connectivity index (χ2n) is 6.97. The maximum atomic E-state index is 13.2. The van der Waals surface area contributed by atoms with Gasteiger partial charge in [-0.15, -0.1) is 11.3 Å². The van der Waals surface area contributed by atoms with Gasteiger partial charge in [-0.25, -0.2) is 0 Å². The molecule has 2 aromatic heterocycles. The number of carbonyl (C=O) groups excluding carboxylic acids is 1. The number of rotatable bonds is 3. The van der Waals surface area contributed by atoms with E-state index in [4.69, 9.17) is 0 Å². The molecule has 4 heteroatoms. The highest BCUT2D eigenvalue weighted by Gasteiger charge is 2.34. The minimum atomic E-state index is -0.0604. The van der Waals surface area contributed by atoms with Crippen LogP contribution in [0.15, 0.2) is 72.1 Å². The molecule has 5 rings (SSSR count). The van der Waals surface area contributed by atoms with Crippen LogP contribution < -0.4 is 0 Å². The molecule has 2 aromatic carbocycles. The molecule has 27 heavy (non-hydrogen) atoms. The first-order valence-electron chi connectivity index (χ1n) is 9.27. The molecular formula is C23H20N2OS. The number of aromatic nitrogens is 1. The molecule has 1 aliphatic heterocycles. The number of thiophene rings is 1. The van der Waals surface area contributed by atoms with Crippen molar-refractivity contribution in [1.82, 2.24) is 9.88 Å². The molecule has 1 N–H and O–H groups in total. The van der Waals surface area contributed by atoms with Gasteiger partial charge in [0, 0.05) is 28.0 Å². The molecule has 0 spiro atoms. The normalized spacial score (nSPS) is 16.4. The number of nitrogens with zero attached hydrogens (tertiary/aromatic N) is 1. The third kappa shape index (κ3) is 2.86. The van der Waals surface area contributed by atoms with E-state index >= 15 is 0 Å². The highest BCUT2D eigenvalue weighted by molar-refractivity contribution is 7.10. The first kappa shape index (κ1) is 16.3. The number of amides is 1. The molecule has 134 valence electrons. The lowest BCUT2D eigenvalue weighted by atomic mass is 9.92. The predicted molar refractivity (Wildman–Crippen MR) is 110 cm³/mol. The molecule has 3 nitrogen and oxygen atoms in total. The van der Waals surface area contributed by atoms with Gasteiger partial charge in [-0.3, -0.25) is 4.79 Å². The molecular weight excluding hydrogens is 352 g/mol. The van der Waals surface area contributed by atoms with Crippen molar-refractivity contribution in [1.29, 1.82) is 0 Å². The van der Waals surface area contributed by atoms with Crippen molar-refractivity contribution in [2.75, 3.05) is 6.54 Å². The van der Waals surface area contributed by atoms with E-state index in [9.17, 15) is 4.79 Å². The summed E-state index contributed by atoms with van der Waals surface area (Å²) in [6.07, 6.45) is 1.36. The van der Waals surface area contributed by atoms with Gasteiger partial charge in [0.2, 0.25) is 5.91 Å². The molecule has 0 aliphatic carbocycles. The zero-order valence-electron chi connectivity index (χ0n) is 14.9. The van der Waals surface area contributed by atoms with Gasteiger partial charge in [-0.05, 0) is 35.1 Å². The Morgan fingerprint density at radius 1 is 1.04 bits per heavy atom. The summed E-state index contributed by atoms with van der Waals surface area (Å²) >= 11 is 1.65. The van der Waals surface area contributed by atoms with Gasteiger partial charge in [-0.2, -0.15) is 0 Å². The first-order valence-corrected chi connectivity index (χ1v) is 10.2. The topological polar surface area (TPSA) is 36.1 Å².